The van der Waals surface area contributed by atoms with Gasteiger partial charge in [0, 0.05) is 0 Å². The van der Waals surface area contributed by atoms with E-state index in [0.29, 0.717) is 0 Å². The Labute approximate surface area is 91.1 Å². The van der Waals surface area contributed by atoms with Crippen LogP contribution in [0.4, 0.5) is 0 Å². The van der Waals surface area contributed by atoms with Crippen molar-refractivity contribution < 1.29 is 20.3 Å². The molecule has 0 aliphatic carbocycles. The number of ketones is 1. The molecule has 3 N–H and O–H groups in total. The van der Waals surface area contributed by atoms with Crippen LogP contribution in [0.1, 0.15) is 17.3 Å². The normalized spacial score (nSPS) is 12.6. The summed E-state index contributed by atoms with van der Waals surface area (Å²) < 4.78 is 0. The van der Waals surface area contributed by atoms with Gasteiger partial charge >= 0.3 is 0 Å². The molecule has 0 amide bonds. The topological polar surface area (TPSA) is 102 Å². The average molecular weight is 222 g/mol. The maximum atomic E-state index is 11.8. The van der Waals surface area contributed by atoms with E-state index in [1.165, 1.54) is 19.1 Å². The molecule has 0 fully saturated rings. The van der Waals surface area contributed by atoms with Gasteiger partial charge in [0.05, 0.1) is 5.56 Å². The highest BCUT2D eigenvalue weighted by Crippen LogP contribution is 2.16. The number of aromatic hydroxyl groups is 1. The summed E-state index contributed by atoms with van der Waals surface area (Å²) in [6.07, 6.45) is 0. The fraction of sp³-hybridized carbons (Fsp3) is 0.100. The van der Waals surface area contributed by atoms with Gasteiger partial charge in [-0.1, -0.05) is 22.4 Å². The average Bonchev–Trinajstić information content (AvgIpc) is 2.30. The Kier molecular flexibility index (Phi) is 3.60. The van der Waals surface area contributed by atoms with Crippen molar-refractivity contribution in [3.05, 3.63) is 29.8 Å². The number of para-hydroxylation sites is 1. The number of rotatable bonds is 3. The largest absolute Gasteiger partial charge is 0.507 e. The van der Waals surface area contributed by atoms with E-state index in [1.54, 1.807) is 12.1 Å². The molecule has 0 unspecified atom stereocenters. The lowest BCUT2D eigenvalue weighted by Gasteiger charge is -2.03. The van der Waals surface area contributed by atoms with E-state index in [1.807, 2.05) is 0 Å². The van der Waals surface area contributed by atoms with Gasteiger partial charge in [-0.05, 0) is 19.1 Å². The second kappa shape index (κ2) is 4.92. The second-order valence-corrected chi connectivity index (χ2v) is 2.98. The van der Waals surface area contributed by atoms with E-state index >= 15 is 0 Å². The standard InChI is InChI=1S/C10H10N2O4/c1-6(11-15)9(12-16)10(14)7-4-2-3-5-8(7)13/h2-5,13,15-16H,1H3/b11-6+,12-9+. The minimum Gasteiger partial charge on any atom is -0.507 e. The van der Waals surface area contributed by atoms with Crippen molar-refractivity contribution >= 4 is 17.2 Å². The molecule has 1 aromatic carbocycles. The summed E-state index contributed by atoms with van der Waals surface area (Å²) in [5.74, 6) is -0.963. The van der Waals surface area contributed by atoms with E-state index < -0.39 is 11.5 Å². The van der Waals surface area contributed by atoms with Crippen molar-refractivity contribution in [2.45, 2.75) is 6.92 Å². The van der Waals surface area contributed by atoms with Crippen molar-refractivity contribution in [2.75, 3.05) is 0 Å². The zero-order valence-electron chi connectivity index (χ0n) is 8.45. The molecule has 0 aromatic heterocycles. The Morgan fingerprint density at radius 1 is 1.19 bits per heavy atom. The van der Waals surface area contributed by atoms with Crippen LogP contribution in [-0.4, -0.2) is 32.7 Å². The third-order valence-electron chi connectivity index (χ3n) is 1.96. The third-order valence-corrected chi connectivity index (χ3v) is 1.96. The molecular formula is C10H10N2O4. The lowest BCUT2D eigenvalue weighted by Crippen LogP contribution is -2.22. The summed E-state index contributed by atoms with van der Waals surface area (Å²) in [7, 11) is 0. The molecule has 0 aliphatic heterocycles. The van der Waals surface area contributed by atoms with E-state index in [9.17, 15) is 9.90 Å². The minimum absolute atomic E-state index is 0.0294. The van der Waals surface area contributed by atoms with Crippen molar-refractivity contribution in [2.24, 2.45) is 10.3 Å². The zero-order chi connectivity index (χ0) is 12.1. The number of oxime groups is 2. The molecule has 1 rings (SSSR count). The van der Waals surface area contributed by atoms with Gasteiger partial charge in [0.1, 0.15) is 11.5 Å². The third kappa shape index (κ3) is 2.17. The monoisotopic (exact) mass is 222 g/mol. The van der Waals surface area contributed by atoms with Crippen LogP contribution in [0.25, 0.3) is 0 Å². The summed E-state index contributed by atoms with van der Waals surface area (Å²) in [6.45, 7) is 1.30. The first-order valence-electron chi connectivity index (χ1n) is 4.35. The highest BCUT2D eigenvalue weighted by molar-refractivity contribution is 6.70. The maximum Gasteiger partial charge on any atom is 0.220 e. The predicted octanol–water partition coefficient (Wildman–Crippen LogP) is 1.26. The summed E-state index contributed by atoms with van der Waals surface area (Å²) in [5.41, 5.74) is -0.599. The van der Waals surface area contributed by atoms with Crippen LogP contribution in [0.5, 0.6) is 5.75 Å². The van der Waals surface area contributed by atoms with Gasteiger partial charge < -0.3 is 15.5 Å². The van der Waals surface area contributed by atoms with E-state index in [4.69, 9.17) is 10.4 Å². The van der Waals surface area contributed by atoms with E-state index in [0.717, 1.165) is 0 Å². The molecule has 0 heterocycles. The van der Waals surface area contributed by atoms with Gasteiger partial charge in [0.15, 0.2) is 5.71 Å². The Hall–Kier alpha value is -2.37. The summed E-state index contributed by atoms with van der Waals surface area (Å²) >= 11 is 0. The molecule has 6 nitrogen and oxygen atoms in total. The number of nitrogens with zero attached hydrogens (tertiary/aromatic N) is 2. The van der Waals surface area contributed by atoms with Crippen molar-refractivity contribution in [1.82, 2.24) is 0 Å². The fourth-order valence-corrected chi connectivity index (χ4v) is 1.12. The molecule has 84 valence electrons. The number of carbonyl (C=O) groups excluding carboxylic acids is 1. The van der Waals surface area contributed by atoms with Crippen LogP contribution >= 0.6 is 0 Å². The molecule has 0 bridgehead atoms. The Balaban J connectivity index is 3.17. The molecule has 0 radical (unpaired) electrons. The molecule has 0 spiro atoms. The first-order chi connectivity index (χ1) is 7.61. The Bertz CT molecular complexity index is 466. The van der Waals surface area contributed by atoms with Crippen molar-refractivity contribution in [3.8, 4) is 5.75 Å². The smallest absolute Gasteiger partial charge is 0.220 e. The van der Waals surface area contributed by atoms with E-state index in [-0.39, 0.29) is 17.0 Å². The van der Waals surface area contributed by atoms with Crippen molar-refractivity contribution in [1.29, 1.82) is 0 Å². The van der Waals surface area contributed by atoms with Crippen LogP contribution in [0.2, 0.25) is 0 Å². The summed E-state index contributed by atoms with van der Waals surface area (Å²) in [6, 6.07) is 5.80. The van der Waals surface area contributed by atoms with Crippen LogP contribution in [0, 0.1) is 0 Å². The molecule has 1 aromatic rings. The number of Topliss-reactive ketones (excluding diaryl/α,β-unsaturated/α-hetero) is 1. The number of hydrogen-bond donors (Lipinski definition) is 3. The number of phenolic OH excluding ortho intramolecular Hbond substituents is 1. The Morgan fingerprint density at radius 3 is 2.31 bits per heavy atom. The molecular weight excluding hydrogens is 212 g/mol. The molecule has 6 heteroatoms. The van der Waals surface area contributed by atoms with Gasteiger partial charge in [0.2, 0.25) is 5.78 Å². The van der Waals surface area contributed by atoms with Crippen molar-refractivity contribution in [3.63, 3.8) is 0 Å². The summed E-state index contributed by atoms with van der Waals surface area (Å²) in [4.78, 5) is 11.8. The number of hydrogen-bond acceptors (Lipinski definition) is 6. The minimum atomic E-state index is -0.726. The number of carbonyl (C=O) groups is 1. The quantitative estimate of drug-likeness (QED) is 0.310. The zero-order valence-corrected chi connectivity index (χ0v) is 8.45. The maximum absolute atomic E-state index is 11.8. The van der Waals surface area contributed by atoms with Gasteiger partial charge in [-0.25, -0.2) is 0 Å². The van der Waals surface area contributed by atoms with Crippen LogP contribution < -0.4 is 0 Å². The highest BCUT2D eigenvalue weighted by atomic mass is 16.4. The lowest BCUT2D eigenvalue weighted by atomic mass is 10.0. The van der Waals surface area contributed by atoms with Gasteiger partial charge in [-0.15, -0.1) is 0 Å². The number of phenols is 1. The van der Waals surface area contributed by atoms with Crippen LogP contribution in [-0.2, 0) is 0 Å². The van der Waals surface area contributed by atoms with Crippen LogP contribution in [0.3, 0.4) is 0 Å². The van der Waals surface area contributed by atoms with Gasteiger partial charge in [-0.3, -0.25) is 4.79 Å². The molecule has 16 heavy (non-hydrogen) atoms. The van der Waals surface area contributed by atoms with Crippen LogP contribution in [0.15, 0.2) is 34.6 Å². The number of benzene rings is 1. The molecule has 0 aliphatic rings. The fourth-order valence-electron chi connectivity index (χ4n) is 1.12. The second-order valence-electron chi connectivity index (χ2n) is 2.98. The van der Waals surface area contributed by atoms with E-state index in [2.05, 4.69) is 10.3 Å². The Morgan fingerprint density at radius 2 is 1.81 bits per heavy atom. The SMILES string of the molecule is CC(=N\O)/C(=N\O)C(=O)c1ccccc1O. The highest BCUT2D eigenvalue weighted by Gasteiger charge is 2.20. The first-order valence-corrected chi connectivity index (χ1v) is 4.35. The van der Waals surface area contributed by atoms with Gasteiger partial charge in [-0.2, -0.15) is 0 Å². The molecule has 0 saturated carbocycles. The molecule has 0 saturated heterocycles. The lowest BCUT2D eigenvalue weighted by molar-refractivity contribution is 0.106. The predicted molar refractivity (Wildman–Crippen MR) is 56.6 cm³/mol. The van der Waals surface area contributed by atoms with Gasteiger partial charge in [0.25, 0.3) is 0 Å². The summed E-state index contributed by atoms with van der Waals surface area (Å²) in [5, 5.41) is 32.0. The molecule has 0 atom stereocenters. The first kappa shape index (κ1) is 11.7.